The highest BCUT2D eigenvalue weighted by atomic mass is 32.1. The molecule has 0 aliphatic heterocycles. The van der Waals surface area contributed by atoms with Crippen molar-refractivity contribution < 1.29 is 9.53 Å². The molecular weight excluding hydrogens is 384 g/mol. The van der Waals surface area contributed by atoms with Gasteiger partial charge in [0.1, 0.15) is 5.75 Å². The molecule has 146 valence electrons. The van der Waals surface area contributed by atoms with E-state index in [0.29, 0.717) is 10.7 Å². The molecule has 1 amide bonds. The van der Waals surface area contributed by atoms with Crippen molar-refractivity contribution in [3.63, 3.8) is 0 Å². The highest BCUT2D eigenvalue weighted by Gasteiger charge is 2.17. The van der Waals surface area contributed by atoms with Gasteiger partial charge in [0.15, 0.2) is 5.13 Å². The van der Waals surface area contributed by atoms with E-state index in [9.17, 15) is 4.79 Å². The first kappa shape index (κ1) is 18.9. The number of hydrogen-bond acceptors (Lipinski definition) is 5. The summed E-state index contributed by atoms with van der Waals surface area (Å²) >= 11 is 1.46. The number of methoxy groups -OCH3 is 1. The minimum Gasteiger partial charge on any atom is -0.497 e. The molecule has 0 saturated carbocycles. The van der Waals surface area contributed by atoms with Crippen molar-refractivity contribution in [2.45, 2.75) is 13.8 Å². The summed E-state index contributed by atoms with van der Waals surface area (Å²) in [6.07, 6.45) is 5.18. The number of imidazole rings is 1. The third-order valence-electron chi connectivity index (χ3n) is 4.56. The fourth-order valence-electron chi connectivity index (χ4n) is 3.09. The van der Waals surface area contributed by atoms with Crippen LogP contribution in [0.15, 0.2) is 61.2 Å². The van der Waals surface area contributed by atoms with Crippen LogP contribution in [-0.2, 0) is 0 Å². The van der Waals surface area contributed by atoms with Crippen LogP contribution < -0.4 is 10.1 Å². The number of rotatable bonds is 5. The molecule has 0 spiro atoms. The predicted molar refractivity (Wildman–Crippen MR) is 115 cm³/mol. The Kier molecular flexibility index (Phi) is 5.14. The number of amides is 1. The lowest BCUT2D eigenvalue weighted by molar-refractivity contribution is 0.102. The van der Waals surface area contributed by atoms with Crippen molar-refractivity contribution in [1.29, 1.82) is 0 Å². The zero-order valence-corrected chi connectivity index (χ0v) is 17.2. The summed E-state index contributed by atoms with van der Waals surface area (Å²) in [5.74, 6) is 0.592. The van der Waals surface area contributed by atoms with Crippen molar-refractivity contribution in [3.05, 3.63) is 77.2 Å². The SMILES string of the molecule is COc1ccc(-c2nc(NC(=O)c3cc(C)ccc3-n3ccnc3)sc2C)cc1. The molecule has 0 saturated heterocycles. The average molecular weight is 404 g/mol. The summed E-state index contributed by atoms with van der Waals surface area (Å²) < 4.78 is 7.04. The molecule has 2 heterocycles. The zero-order valence-electron chi connectivity index (χ0n) is 16.3. The summed E-state index contributed by atoms with van der Waals surface area (Å²) in [5, 5.41) is 3.52. The van der Waals surface area contributed by atoms with Gasteiger partial charge in [0.25, 0.3) is 5.91 Å². The maximum Gasteiger partial charge on any atom is 0.259 e. The normalized spacial score (nSPS) is 10.7. The van der Waals surface area contributed by atoms with Gasteiger partial charge in [-0.05, 0) is 50.2 Å². The van der Waals surface area contributed by atoms with Gasteiger partial charge >= 0.3 is 0 Å². The molecule has 7 heteroatoms. The second-order valence-corrected chi connectivity index (χ2v) is 7.80. The van der Waals surface area contributed by atoms with Crippen LogP contribution in [0.25, 0.3) is 16.9 Å². The Bertz CT molecular complexity index is 1150. The number of nitrogens with zero attached hydrogens (tertiary/aromatic N) is 3. The number of thiazole rings is 1. The molecule has 0 bridgehead atoms. The second-order valence-electron chi connectivity index (χ2n) is 6.60. The molecule has 1 N–H and O–H groups in total. The number of carbonyl (C=O) groups is 1. The molecule has 29 heavy (non-hydrogen) atoms. The van der Waals surface area contributed by atoms with Crippen molar-refractivity contribution >= 4 is 22.4 Å². The van der Waals surface area contributed by atoms with E-state index in [4.69, 9.17) is 4.74 Å². The van der Waals surface area contributed by atoms with Crippen LogP contribution in [0.3, 0.4) is 0 Å². The Balaban J connectivity index is 1.62. The van der Waals surface area contributed by atoms with E-state index >= 15 is 0 Å². The summed E-state index contributed by atoms with van der Waals surface area (Å²) in [6, 6.07) is 13.5. The summed E-state index contributed by atoms with van der Waals surface area (Å²) in [7, 11) is 1.64. The monoisotopic (exact) mass is 404 g/mol. The standard InChI is InChI=1S/C22H20N4O2S/c1-14-4-9-19(26-11-10-23-13-26)18(12-14)21(27)25-22-24-20(15(2)29-22)16-5-7-17(28-3)8-6-16/h4-13H,1-3H3,(H,24,25,27). The van der Waals surface area contributed by atoms with Crippen molar-refractivity contribution in [3.8, 4) is 22.7 Å². The molecule has 2 aromatic carbocycles. The Morgan fingerprint density at radius 3 is 2.62 bits per heavy atom. The van der Waals surface area contributed by atoms with Crippen LogP contribution in [0.5, 0.6) is 5.75 Å². The summed E-state index contributed by atoms with van der Waals surface area (Å²) in [6.45, 7) is 3.96. The van der Waals surface area contributed by atoms with Gasteiger partial charge in [0, 0.05) is 22.8 Å². The van der Waals surface area contributed by atoms with Gasteiger partial charge in [-0.2, -0.15) is 0 Å². The molecule has 2 aromatic heterocycles. The summed E-state index contributed by atoms with van der Waals surface area (Å²) in [5.41, 5.74) is 4.19. The number of carbonyl (C=O) groups excluding carboxylic acids is 1. The minimum absolute atomic E-state index is 0.201. The number of ether oxygens (including phenoxy) is 1. The smallest absolute Gasteiger partial charge is 0.259 e. The van der Waals surface area contributed by atoms with Crippen LogP contribution in [-0.4, -0.2) is 27.6 Å². The van der Waals surface area contributed by atoms with Gasteiger partial charge in [-0.25, -0.2) is 9.97 Å². The number of aromatic nitrogens is 3. The molecule has 0 fully saturated rings. The molecule has 0 unspecified atom stereocenters. The van der Waals surface area contributed by atoms with Crippen molar-refractivity contribution in [2.75, 3.05) is 12.4 Å². The van der Waals surface area contributed by atoms with E-state index in [1.54, 1.807) is 19.6 Å². The third-order valence-corrected chi connectivity index (χ3v) is 5.45. The van der Waals surface area contributed by atoms with Gasteiger partial charge in [-0.1, -0.05) is 11.6 Å². The van der Waals surface area contributed by atoms with Gasteiger partial charge in [0.05, 0.1) is 30.4 Å². The highest BCUT2D eigenvalue weighted by molar-refractivity contribution is 7.16. The number of anilines is 1. The lowest BCUT2D eigenvalue weighted by atomic mass is 10.1. The first-order chi connectivity index (χ1) is 14.0. The number of aryl methyl sites for hydroxylation is 2. The van der Waals surface area contributed by atoms with Gasteiger partial charge in [-0.15, -0.1) is 11.3 Å². The van der Waals surface area contributed by atoms with Gasteiger partial charge in [-0.3, -0.25) is 10.1 Å². The van der Waals surface area contributed by atoms with Crippen molar-refractivity contribution in [1.82, 2.24) is 14.5 Å². The fourth-order valence-corrected chi connectivity index (χ4v) is 3.92. The number of benzene rings is 2. The topological polar surface area (TPSA) is 69.0 Å². The first-order valence-electron chi connectivity index (χ1n) is 9.07. The van der Waals surface area contributed by atoms with Crippen molar-refractivity contribution in [2.24, 2.45) is 0 Å². The maximum atomic E-state index is 13.0. The largest absolute Gasteiger partial charge is 0.497 e. The number of hydrogen-bond donors (Lipinski definition) is 1. The molecular formula is C22H20N4O2S. The summed E-state index contributed by atoms with van der Waals surface area (Å²) in [4.78, 5) is 22.8. The lowest BCUT2D eigenvalue weighted by Crippen LogP contribution is -2.15. The third kappa shape index (κ3) is 3.90. The van der Waals surface area contributed by atoms with Crippen LogP contribution >= 0.6 is 11.3 Å². The molecule has 0 aliphatic rings. The minimum atomic E-state index is -0.201. The van der Waals surface area contributed by atoms with E-state index in [1.165, 1.54) is 11.3 Å². The van der Waals surface area contributed by atoms with Crippen LogP contribution in [0, 0.1) is 13.8 Å². The van der Waals surface area contributed by atoms with E-state index in [2.05, 4.69) is 15.3 Å². The molecule has 4 rings (SSSR count). The van der Waals surface area contributed by atoms with Crippen LogP contribution in [0.1, 0.15) is 20.8 Å². The van der Waals surface area contributed by atoms with E-state index in [1.807, 2.05) is 67.1 Å². The van der Waals surface area contributed by atoms with Gasteiger partial charge in [0.2, 0.25) is 0 Å². The molecule has 6 nitrogen and oxygen atoms in total. The maximum absolute atomic E-state index is 13.0. The first-order valence-corrected chi connectivity index (χ1v) is 9.89. The van der Waals surface area contributed by atoms with E-state index in [0.717, 1.165) is 33.1 Å². The second kappa shape index (κ2) is 7.89. The number of nitrogens with one attached hydrogen (secondary N) is 1. The highest BCUT2D eigenvalue weighted by Crippen LogP contribution is 2.31. The Morgan fingerprint density at radius 2 is 1.93 bits per heavy atom. The van der Waals surface area contributed by atoms with E-state index < -0.39 is 0 Å². The van der Waals surface area contributed by atoms with Crippen LogP contribution in [0.2, 0.25) is 0 Å². The Morgan fingerprint density at radius 1 is 1.14 bits per heavy atom. The molecule has 0 radical (unpaired) electrons. The Labute approximate surface area is 172 Å². The van der Waals surface area contributed by atoms with E-state index in [-0.39, 0.29) is 5.91 Å². The quantitative estimate of drug-likeness (QED) is 0.515. The molecule has 0 aliphatic carbocycles. The van der Waals surface area contributed by atoms with Gasteiger partial charge < -0.3 is 9.30 Å². The Hall–Kier alpha value is -3.45. The molecule has 4 aromatic rings. The predicted octanol–water partition coefficient (Wildman–Crippen LogP) is 4.87. The molecule has 0 atom stereocenters. The lowest BCUT2D eigenvalue weighted by Gasteiger charge is -2.10. The fraction of sp³-hybridized carbons (Fsp3) is 0.136. The average Bonchev–Trinajstić information content (AvgIpc) is 3.38. The van der Waals surface area contributed by atoms with Crippen LogP contribution in [0.4, 0.5) is 5.13 Å². The zero-order chi connectivity index (χ0) is 20.4.